The van der Waals surface area contributed by atoms with Gasteiger partial charge >= 0.3 is 0 Å². The molecule has 1 aliphatic heterocycles. The van der Waals surface area contributed by atoms with Gasteiger partial charge in [-0.2, -0.15) is 0 Å². The summed E-state index contributed by atoms with van der Waals surface area (Å²) < 4.78 is 12.0. The molecule has 1 fully saturated rings. The van der Waals surface area contributed by atoms with Crippen LogP contribution in [0, 0.1) is 0 Å². The van der Waals surface area contributed by atoms with Crippen molar-refractivity contribution in [2.75, 3.05) is 38.7 Å². The molecule has 0 saturated carbocycles. The number of hydrogen-bond donors (Lipinski definition) is 0. The lowest BCUT2D eigenvalue weighted by Gasteiger charge is -2.23. The summed E-state index contributed by atoms with van der Waals surface area (Å²) in [5.41, 5.74) is 3.20. The van der Waals surface area contributed by atoms with Gasteiger partial charge in [0.05, 0.1) is 0 Å². The molecule has 0 spiro atoms. The number of ether oxygens (including phenoxy) is 1. The van der Waals surface area contributed by atoms with Crippen LogP contribution in [-0.2, 0) is 0 Å². The van der Waals surface area contributed by atoms with Crippen LogP contribution in [0.15, 0.2) is 52.9 Å². The fraction of sp³-hybridized carbons (Fsp3) is 0.360. The second-order valence-corrected chi connectivity index (χ2v) is 8.07. The molecular formula is C25H31ClN2O2. The molecule has 3 aromatic rings. The van der Waals surface area contributed by atoms with E-state index in [1.165, 1.54) is 31.6 Å². The van der Waals surface area contributed by atoms with E-state index in [2.05, 4.69) is 59.2 Å². The van der Waals surface area contributed by atoms with E-state index in [9.17, 15) is 0 Å². The molecule has 0 bridgehead atoms. The lowest BCUT2D eigenvalue weighted by molar-refractivity contribution is 0.172. The number of halogens is 1. The Morgan fingerprint density at radius 1 is 1.03 bits per heavy atom. The highest BCUT2D eigenvalue weighted by molar-refractivity contribution is 5.85. The lowest BCUT2D eigenvalue weighted by Crippen LogP contribution is -2.34. The topological polar surface area (TPSA) is 28.9 Å². The van der Waals surface area contributed by atoms with Crippen molar-refractivity contribution in [3.8, 4) is 5.75 Å². The van der Waals surface area contributed by atoms with Gasteiger partial charge in [-0.25, -0.2) is 0 Å². The summed E-state index contributed by atoms with van der Waals surface area (Å²) in [6.07, 6.45) is 6.70. The standard InChI is InChI=1S/C25H30N2O2.ClH/c1-19(27-14-4-5-15-27)18-28-23-13-9-21-16-24(29-25(21)17-23)12-8-20-6-10-22(11-7-20)26(2)3;/h6-13,16-17,19H,4-5,14-15,18H2,1-3H3;1H/b12-8+;. The first-order chi connectivity index (χ1) is 14.1. The third-order valence-electron chi connectivity index (χ3n) is 5.62. The molecule has 4 nitrogen and oxygen atoms in total. The van der Waals surface area contributed by atoms with Gasteiger partial charge in [-0.15, -0.1) is 12.4 Å². The number of hydrogen-bond acceptors (Lipinski definition) is 4. The summed E-state index contributed by atoms with van der Waals surface area (Å²) in [6, 6.07) is 17.1. The summed E-state index contributed by atoms with van der Waals surface area (Å²) in [5, 5.41) is 1.09. The van der Waals surface area contributed by atoms with E-state index in [1.807, 2.05) is 32.3 Å². The van der Waals surface area contributed by atoms with Crippen LogP contribution in [0.4, 0.5) is 5.69 Å². The molecule has 0 aliphatic carbocycles. The Labute approximate surface area is 185 Å². The summed E-state index contributed by atoms with van der Waals surface area (Å²) in [5.74, 6) is 1.71. The molecule has 160 valence electrons. The second-order valence-electron chi connectivity index (χ2n) is 8.07. The number of likely N-dealkylation sites (tertiary alicyclic amines) is 1. The Morgan fingerprint density at radius 2 is 1.77 bits per heavy atom. The molecule has 5 heteroatoms. The first-order valence-electron chi connectivity index (χ1n) is 10.4. The monoisotopic (exact) mass is 426 g/mol. The Balaban J connectivity index is 0.00000256. The summed E-state index contributed by atoms with van der Waals surface area (Å²) in [7, 11) is 4.09. The van der Waals surface area contributed by atoms with Crippen LogP contribution >= 0.6 is 12.4 Å². The molecule has 1 saturated heterocycles. The van der Waals surface area contributed by atoms with E-state index < -0.39 is 0 Å². The van der Waals surface area contributed by atoms with Gasteiger partial charge in [0.15, 0.2) is 0 Å². The SMILES string of the molecule is CC(COc1ccc2cc(/C=C/c3ccc(N(C)C)cc3)oc2c1)N1CCCC1.Cl. The average molecular weight is 427 g/mol. The fourth-order valence-corrected chi connectivity index (χ4v) is 3.77. The van der Waals surface area contributed by atoms with Gasteiger partial charge in [0.25, 0.3) is 0 Å². The minimum Gasteiger partial charge on any atom is -0.492 e. The lowest BCUT2D eigenvalue weighted by atomic mass is 10.1. The summed E-state index contributed by atoms with van der Waals surface area (Å²) >= 11 is 0. The quantitative estimate of drug-likeness (QED) is 0.466. The molecule has 0 N–H and O–H groups in total. The van der Waals surface area contributed by atoms with Crippen LogP contribution in [-0.4, -0.2) is 44.7 Å². The average Bonchev–Trinajstić information content (AvgIpc) is 3.40. The van der Waals surface area contributed by atoms with Crippen LogP contribution in [0.25, 0.3) is 23.1 Å². The highest BCUT2D eigenvalue weighted by Crippen LogP contribution is 2.26. The fourth-order valence-electron chi connectivity index (χ4n) is 3.77. The molecule has 2 heterocycles. The van der Waals surface area contributed by atoms with E-state index in [0.717, 1.165) is 28.0 Å². The highest BCUT2D eigenvalue weighted by Gasteiger charge is 2.18. The van der Waals surface area contributed by atoms with Crippen molar-refractivity contribution in [1.82, 2.24) is 4.90 Å². The highest BCUT2D eigenvalue weighted by atomic mass is 35.5. The van der Waals surface area contributed by atoms with Crippen molar-refractivity contribution >= 4 is 41.2 Å². The van der Waals surface area contributed by atoms with Crippen LogP contribution in [0.5, 0.6) is 5.75 Å². The van der Waals surface area contributed by atoms with Crippen molar-refractivity contribution in [3.63, 3.8) is 0 Å². The maximum atomic E-state index is 6.03. The predicted octanol–water partition coefficient (Wildman–Crippen LogP) is 5.95. The zero-order valence-corrected chi connectivity index (χ0v) is 18.8. The summed E-state index contributed by atoms with van der Waals surface area (Å²) in [6.45, 7) is 5.33. The van der Waals surface area contributed by atoms with Gasteiger partial charge in [0.2, 0.25) is 0 Å². The molecule has 30 heavy (non-hydrogen) atoms. The molecule has 0 amide bonds. The smallest absolute Gasteiger partial charge is 0.138 e. The van der Waals surface area contributed by atoms with E-state index in [4.69, 9.17) is 9.15 Å². The second kappa shape index (κ2) is 10.1. The van der Waals surface area contributed by atoms with Gasteiger partial charge in [0, 0.05) is 37.3 Å². The third kappa shape index (κ3) is 5.38. The number of nitrogens with zero attached hydrogens (tertiary/aromatic N) is 2. The maximum Gasteiger partial charge on any atom is 0.138 e. The number of rotatable bonds is 7. The molecular weight excluding hydrogens is 396 g/mol. The predicted molar refractivity (Wildman–Crippen MR) is 129 cm³/mol. The number of benzene rings is 2. The molecule has 1 aliphatic rings. The molecule has 4 rings (SSSR count). The number of fused-ring (bicyclic) bond motifs is 1. The Hall–Kier alpha value is -2.43. The van der Waals surface area contributed by atoms with Crippen molar-refractivity contribution < 1.29 is 9.15 Å². The van der Waals surface area contributed by atoms with Crippen molar-refractivity contribution in [1.29, 1.82) is 0 Å². The Kier molecular flexibility index (Phi) is 7.46. The zero-order chi connectivity index (χ0) is 20.2. The molecule has 0 radical (unpaired) electrons. The van der Waals surface area contributed by atoms with Gasteiger partial charge in [0.1, 0.15) is 23.7 Å². The van der Waals surface area contributed by atoms with Crippen LogP contribution in [0.3, 0.4) is 0 Å². The molecule has 2 aromatic carbocycles. The van der Waals surface area contributed by atoms with Gasteiger partial charge in [-0.05, 0) is 74.8 Å². The Morgan fingerprint density at radius 3 is 2.47 bits per heavy atom. The minimum atomic E-state index is 0. The van der Waals surface area contributed by atoms with Crippen molar-refractivity contribution in [3.05, 3.63) is 59.9 Å². The van der Waals surface area contributed by atoms with Crippen LogP contribution in [0.2, 0.25) is 0 Å². The van der Waals surface area contributed by atoms with Gasteiger partial charge < -0.3 is 14.1 Å². The van der Waals surface area contributed by atoms with Crippen LogP contribution in [0.1, 0.15) is 31.1 Å². The maximum absolute atomic E-state index is 6.03. The molecule has 1 aromatic heterocycles. The number of anilines is 1. The zero-order valence-electron chi connectivity index (χ0n) is 18.0. The Bertz CT molecular complexity index is 972. The van der Waals surface area contributed by atoms with Crippen molar-refractivity contribution in [2.45, 2.75) is 25.8 Å². The van der Waals surface area contributed by atoms with E-state index >= 15 is 0 Å². The normalized spacial score (nSPS) is 15.4. The number of furan rings is 1. The van der Waals surface area contributed by atoms with Gasteiger partial charge in [-0.3, -0.25) is 4.90 Å². The molecule has 1 atom stereocenters. The minimum absolute atomic E-state index is 0. The third-order valence-corrected chi connectivity index (χ3v) is 5.62. The first kappa shape index (κ1) is 22.3. The van der Waals surface area contributed by atoms with E-state index in [-0.39, 0.29) is 12.4 Å². The van der Waals surface area contributed by atoms with E-state index in [1.54, 1.807) is 0 Å². The van der Waals surface area contributed by atoms with Gasteiger partial charge in [-0.1, -0.05) is 18.2 Å². The van der Waals surface area contributed by atoms with E-state index in [0.29, 0.717) is 12.6 Å². The molecule has 1 unspecified atom stereocenters. The largest absolute Gasteiger partial charge is 0.492 e. The van der Waals surface area contributed by atoms with Crippen molar-refractivity contribution in [2.24, 2.45) is 0 Å². The first-order valence-corrected chi connectivity index (χ1v) is 10.4. The van der Waals surface area contributed by atoms with Crippen LogP contribution < -0.4 is 9.64 Å². The summed E-state index contributed by atoms with van der Waals surface area (Å²) in [4.78, 5) is 4.59.